The topological polar surface area (TPSA) is 41.9 Å². The van der Waals surface area contributed by atoms with Crippen LogP contribution < -0.4 is 4.74 Å². The van der Waals surface area contributed by atoms with Crippen LogP contribution in [0.2, 0.25) is 0 Å². The lowest BCUT2D eigenvalue weighted by atomic mass is 10.1. The summed E-state index contributed by atoms with van der Waals surface area (Å²) in [7, 11) is 5.36. The summed E-state index contributed by atoms with van der Waals surface area (Å²) in [4.78, 5) is 2.15. The molecule has 0 radical (unpaired) electrons. The van der Waals surface area contributed by atoms with Crippen LogP contribution in [0, 0.1) is 0 Å². The van der Waals surface area contributed by atoms with E-state index in [1.165, 1.54) is 5.56 Å². The van der Waals surface area contributed by atoms with E-state index in [0.717, 1.165) is 24.3 Å². The number of rotatable bonds is 5. The number of aliphatic hydroxyl groups excluding tert-OH is 1. The van der Waals surface area contributed by atoms with Crippen molar-refractivity contribution in [1.82, 2.24) is 4.90 Å². The molecule has 0 aromatic heterocycles. The van der Waals surface area contributed by atoms with Gasteiger partial charge in [-0.05, 0) is 36.7 Å². The molecule has 1 aliphatic rings. The predicted octanol–water partition coefficient (Wildman–Crippen LogP) is 1.23. The summed E-state index contributed by atoms with van der Waals surface area (Å²) in [5.41, 5.74) is 2.20. The molecule has 1 N–H and O–H groups in total. The summed E-state index contributed by atoms with van der Waals surface area (Å²) in [6.07, 6.45) is 0.428. The summed E-state index contributed by atoms with van der Waals surface area (Å²) >= 11 is 0. The second kappa shape index (κ2) is 5.69. The van der Waals surface area contributed by atoms with Gasteiger partial charge in [-0.25, -0.2) is 0 Å². The molecule has 1 aliphatic carbocycles. The van der Waals surface area contributed by atoms with E-state index >= 15 is 0 Å². The number of benzene rings is 1. The molecule has 4 nitrogen and oxygen atoms in total. The molecule has 0 bridgehead atoms. The number of nitrogens with zero attached hydrogens (tertiary/aromatic N) is 1. The fourth-order valence-corrected chi connectivity index (χ4v) is 2.50. The van der Waals surface area contributed by atoms with E-state index in [4.69, 9.17) is 9.47 Å². The van der Waals surface area contributed by atoms with Gasteiger partial charge in [0.2, 0.25) is 0 Å². The summed E-state index contributed by atoms with van der Waals surface area (Å²) in [5, 5.41) is 10.4. The van der Waals surface area contributed by atoms with Crippen LogP contribution >= 0.6 is 0 Å². The molecule has 0 amide bonds. The van der Waals surface area contributed by atoms with Crippen LogP contribution in [-0.4, -0.2) is 50.5 Å². The normalized spacial score (nSPS) is 22.3. The fraction of sp³-hybridized carbons (Fsp3) is 0.571. The molecule has 0 heterocycles. The van der Waals surface area contributed by atoms with Gasteiger partial charge in [0.1, 0.15) is 5.75 Å². The monoisotopic (exact) mass is 251 g/mol. The zero-order chi connectivity index (χ0) is 13.1. The Labute approximate surface area is 108 Å². The smallest absolute Gasteiger partial charge is 0.119 e. The Morgan fingerprint density at radius 3 is 2.83 bits per heavy atom. The van der Waals surface area contributed by atoms with Crippen molar-refractivity contribution in [2.45, 2.75) is 18.6 Å². The molecule has 1 aromatic carbocycles. The van der Waals surface area contributed by atoms with Gasteiger partial charge in [-0.15, -0.1) is 0 Å². The predicted molar refractivity (Wildman–Crippen MR) is 70.0 cm³/mol. The first kappa shape index (κ1) is 13.3. The molecule has 0 saturated heterocycles. The van der Waals surface area contributed by atoms with Crippen LogP contribution in [0.4, 0.5) is 0 Å². The average Bonchev–Trinajstić information content (AvgIpc) is 2.73. The van der Waals surface area contributed by atoms with Gasteiger partial charge < -0.3 is 14.6 Å². The third kappa shape index (κ3) is 2.51. The highest BCUT2D eigenvalue weighted by molar-refractivity contribution is 5.41. The molecule has 100 valence electrons. The first-order valence-corrected chi connectivity index (χ1v) is 6.21. The third-order valence-electron chi connectivity index (χ3n) is 3.68. The van der Waals surface area contributed by atoms with Crippen molar-refractivity contribution in [3.8, 4) is 5.75 Å². The van der Waals surface area contributed by atoms with Gasteiger partial charge in [-0.2, -0.15) is 0 Å². The minimum Gasteiger partial charge on any atom is -0.497 e. The van der Waals surface area contributed by atoms with Gasteiger partial charge in [0, 0.05) is 19.7 Å². The lowest BCUT2D eigenvalue weighted by molar-refractivity contribution is 0.0590. The highest BCUT2D eigenvalue weighted by Gasteiger charge is 2.33. The Morgan fingerprint density at radius 2 is 2.17 bits per heavy atom. The number of likely N-dealkylation sites (N-methyl/N-ethyl adjacent to an activating group) is 1. The Hall–Kier alpha value is -1.10. The van der Waals surface area contributed by atoms with E-state index in [0.29, 0.717) is 6.61 Å². The van der Waals surface area contributed by atoms with Crippen molar-refractivity contribution in [2.75, 3.05) is 34.4 Å². The molecular weight excluding hydrogens is 230 g/mol. The molecule has 1 aromatic rings. The van der Waals surface area contributed by atoms with E-state index in [1.807, 2.05) is 25.2 Å². The Balaban J connectivity index is 2.12. The van der Waals surface area contributed by atoms with Crippen molar-refractivity contribution in [3.05, 3.63) is 29.3 Å². The van der Waals surface area contributed by atoms with Crippen LogP contribution in [0.3, 0.4) is 0 Å². The van der Waals surface area contributed by atoms with E-state index in [9.17, 15) is 5.11 Å². The molecule has 0 spiro atoms. The van der Waals surface area contributed by atoms with Gasteiger partial charge in [0.15, 0.2) is 0 Å². The first-order chi connectivity index (χ1) is 8.67. The number of ether oxygens (including phenoxy) is 2. The molecule has 2 rings (SSSR count). The Kier molecular flexibility index (Phi) is 4.22. The highest BCUT2D eigenvalue weighted by Crippen LogP contribution is 2.36. The maximum atomic E-state index is 10.4. The van der Waals surface area contributed by atoms with E-state index in [-0.39, 0.29) is 6.04 Å². The SMILES string of the molecule is COCCN(C)C1Cc2ccc(OC)cc2C1O. The van der Waals surface area contributed by atoms with E-state index in [2.05, 4.69) is 4.90 Å². The summed E-state index contributed by atoms with van der Waals surface area (Å²) in [5.74, 6) is 0.799. The molecule has 2 unspecified atom stereocenters. The van der Waals surface area contributed by atoms with Gasteiger partial charge in [0.25, 0.3) is 0 Å². The standard InChI is InChI=1S/C14H21NO3/c1-15(6-7-17-2)13-8-10-4-5-11(18-3)9-12(10)14(13)16/h4-5,9,13-14,16H,6-8H2,1-3H3. The Bertz CT molecular complexity index is 408. The van der Waals surface area contributed by atoms with Crippen LogP contribution in [-0.2, 0) is 11.2 Å². The quantitative estimate of drug-likeness (QED) is 0.854. The van der Waals surface area contributed by atoms with E-state index < -0.39 is 6.10 Å². The molecule has 4 heteroatoms. The van der Waals surface area contributed by atoms with Gasteiger partial charge >= 0.3 is 0 Å². The number of aliphatic hydroxyl groups is 1. The lowest BCUT2D eigenvalue weighted by Crippen LogP contribution is -2.37. The first-order valence-electron chi connectivity index (χ1n) is 6.21. The van der Waals surface area contributed by atoms with Gasteiger partial charge in [-0.1, -0.05) is 6.07 Å². The molecule has 0 aliphatic heterocycles. The zero-order valence-corrected chi connectivity index (χ0v) is 11.2. The van der Waals surface area contributed by atoms with Crippen molar-refractivity contribution < 1.29 is 14.6 Å². The largest absolute Gasteiger partial charge is 0.497 e. The number of methoxy groups -OCH3 is 2. The van der Waals surface area contributed by atoms with Crippen LogP contribution in [0.1, 0.15) is 17.2 Å². The van der Waals surface area contributed by atoms with Crippen molar-refractivity contribution in [3.63, 3.8) is 0 Å². The maximum absolute atomic E-state index is 10.4. The number of hydrogen-bond acceptors (Lipinski definition) is 4. The molecule has 0 fully saturated rings. The average molecular weight is 251 g/mol. The zero-order valence-electron chi connectivity index (χ0n) is 11.2. The third-order valence-corrected chi connectivity index (χ3v) is 3.68. The second-order valence-corrected chi connectivity index (χ2v) is 4.75. The Morgan fingerprint density at radius 1 is 1.39 bits per heavy atom. The minimum atomic E-state index is -0.447. The maximum Gasteiger partial charge on any atom is 0.119 e. The summed E-state index contributed by atoms with van der Waals surface area (Å²) in [6.45, 7) is 1.50. The summed E-state index contributed by atoms with van der Waals surface area (Å²) < 4.78 is 10.3. The van der Waals surface area contributed by atoms with E-state index in [1.54, 1.807) is 14.2 Å². The van der Waals surface area contributed by atoms with Gasteiger partial charge in [0.05, 0.1) is 19.8 Å². The van der Waals surface area contributed by atoms with Crippen LogP contribution in [0.15, 0.2) is 18.2 Å². The highest BCUT2D eigenvalue weighted by atomic mass is 16.5. The lowest BCUT2D eigenvalue weighted by Gasteiger charge is -2.26. The molecular formula is C14H21NO3. The fourth-order valence-electron chi connectivity index (χ4n) is 2.50. The van der Waals surface area contributed by atoms with Crippen molar-refractivity contribution >= 4 is 0 Å². The number of fused-ring (bicyclic) bond motifs is 1. The molecule has 18 heavy (non-hydrogen) atoms. The summed E-state index contributed by atoms with van der Waals surface area (Å²) in [6, 6.07) is 6.05. The van der Waals surface area contributed by atoms with Crippen molar-refractivity contribution in [2.24, 2.45) is 0 Å². The molecule has 0 saturated carbocycles. The molecule has 2 atom stereocenters. The van der Waals surface area contributed by atoms with Crippen molar-refractivity contribution in [1.29, 1.82) is 0 Å². The number of hydrogen-bond donors (Lipinski definition) is 1. The minimum absolute atomic E-state index is 0.127. The van der Waals surface area contributed by atoms with Gasteiger partial charge in [-0.3, -0.25) is 4.90 Å². The van der Waals surface area contributed by atoms with Crippen LogP contribution in [0.25, 0.3) is 0 Å². The second-order valence-electron chi connectivity index (χ2n) is 4.75. The van der Waals surface area contributed by atoms with Crippen LogP contribution in [0.5, 0.6) is 5.75 Å².